The Kier molecular flexibility index (Phi) is 5.06. The summed E-state index contributed by atoms with van der Waals surface area (Å²) in [4.78, 5) is 14.2. The minimum atomic E-state index is -4.42. The molecule has 14 heteroatoms. The van der Waals surface area contributed by atoms with E-state index in [1.165, 1.54) is 12.1 Å². The number of aliphatic hydroxyl groups is 2. The maximum absolute atomic E-state index is 15.3. The average molecular weight is 465 g/mol. The fraction of sp³-hybridized carbons (Fsp3) is 0.375. The molecule has 0 amide bonds. The number of nitrogens with one attached hydrogen (secondary N) is 1. The number of halogens is 2. The molecular weight excluding hydrogens is 449 g/mol. The molecule has 2 aromatic rings. The maximum atomic E-state index is 15.3. The standard InChI is InChI=1S/C16H15F2N2O8PS/c17-9-1-2-10-8(5-9)6-25-29(24,28-10)26-7-16(18)13(22)12(21)14(27-16)20-4-3-11(30)19-15(20)23/h1-5,12-14,21-22H,6-7H2,(H,19,23,30)/t12-,13+,14-,16-,29?/m1/s1/i14D. The van der Waals surface area contributed by atoms with Crippen LogP contribution in [-0.2, 0) is 25.0 Å². The van der Waals surface area contributed by atoms with Crippen LogP contribution >= 0.6 is 20.0 Å². The van der Waals surface area contributed by atoms with E-state index in [-0.39, 0.29) is 22.6 Å². The predicted octanol–water partition coefficient (Wildman–Crippen LogP) is 1.70. The van der Waals surface area contributed by atoms with Gasteiger partial charge in [0, 0.05) is 11.8 Å². The van der Waals surface area contributed by atoms with Crippen molar-refractivity contribution in [2.75, 3.05) is 6.61 Å². The second kappa shape index (κ2) is 7.61. The molecule has 0 spiro atoms. The summed E-state index contributed by atoms with van der Waals surface area (Å²) in [5, 5.41) is 20.4. The van der Waals surface area contributed by atoms with Crippen molar-refractivity contribution in [3.05, 3.63) is 57.0 Å². The zero-order chi connectivity index (χ0) is 22.6. The first-order valence-electron chi connectivity index (χ1n) is 8.91. The number of aromatic nitrogens is 2. The monoisotopic (exact) mass is 465 g/mol. The highest BCUT2D eigenvalue weighted by molar-refractivity contribution is 7.71. The van der Waals surface area contributed by atoms with Crippen LogP contribution in [0.3, 0.4) is 0 Å². The molecule has 30 heavy (non-hydrogen) atoms. The van der Waals surface area contributed by atoms with Crippen LogP contribution in [0.4, 0.5) is 8.78 Å². The first kappa shape index (κ1) is 19.9. The largest absolute Gasteiger partial charge is 0.530 e. The van der Waals surface area contributed by atoms with Crippen molar-refractivity contribution in [1.82, 2.24) is 9.55 Å². The van der Waals surface area contributed by atoms with Crippen LogP contribution in [0, 0.1) is 10.5 Å². The quantitative estimate of drug-likeness (QED) is 0.456. The molecule has 162 valence electrons. The minimum Gasteiger partial charge on any atom is -0.404 e. The van der Waals surface area contributed by atoms with Crippen LogP contribution in [-0.4, -0.2) is 44.4 Å². The van der Waals surface area contributed by atoms with Crippen LogP contribution in [0.5, 0.6) is 5.75 Å². The summed E-state index contributed by atoms with van der Waals surface area (Å²) >= 11 is 4.77. The lowest BCUT2D eigenvalue weighted by Crippen LogP contribution is -2.43. The molecular formula is C16H15F2N2O8PS. The number of aromatic amines is 1. The second-order valence-electron chi connectivity index (χ2n) is 6.43. The Balaban J connectivity index is 1.55. The van der Waals surface area contributed by atoms with E-state index < -0.39 is 50.2 Å². The van der Waals surface area contributed by atoms with Crippen LogP contribution < -0.4 is 10.2 Å². The molecule has 0 bridgehead atoms. The average Bonchev–Trinajstić information content (AvgIpc) is 2.88. The van der Waals surface area contributed by atoms with Crippen LogP contribution in [0.2, 0.25) is 0 Å². The molecule has 5 atom stereocenters. The lowest BCUT2D eigenvalue weighted by Gasteiger charge is -2.28. The van der Waals surface area contributed by atoms with Crippen LogP contribution in [0.1, 0.15) is 13.1 Å². The van der Waals surface area contributed by atoms with Crippen LogP contribution in [0.25, 0.3) is 0 Å². The van der Waals surface area contributed by atoms with Crippen molar-refractivity contribution < 1.29 is 43.2 Å². The van der Waals surface area contributed by atoms with Gasteiger partial charge in [-0.05, 0) is 24.3 Å². The van der Waals surface area contributed by atoms with E-state index in [0.29, 0.717) is 4.57 Å². The second-order valence-corrected chi connectivity index (χ2v) is 8.47. The van der Waals surface area contributed by atoms with Crippen molar-refractivity contribution >= 4 is 20.0 Å². The Bertz CT molecular complexity index is 1200. The van der Waals surface area contributed by atoms with Gasteiger partial charge in [0.15, 0.2) is 6.20 Å². The summed E-state index contributed by atoms with van der Waals surface area (Å²) in [6, 6.07) is 4.50. The molecule has 2 aliphatic rings. The number of aliphatic hydroxyl groups excluding tert-OH is 2. The normalized spacial score (nSPS) is 36.1. The number of rotatable bonds is 4. The van der Waals surface area contributed by atoms with Gasteiger partial charge >= 0.3 is 13.5 Å². The van der Waals surface area contributed by atoms with Crippen LogP contribution in [0.15, 0.2) is 35.3 Å². The Hall–Kier alpha value is -1.99. The highest BCUT2D eigenvalue weighted by atomic mass is 32.1. The van der Waals surface area contributed by atoms with Gasteiger partial charge < -0.3 is 19.5 Å². The number of benzene rings is 1. The van der Waals surface area contributed by atoms with Crippen molar-refractivity contribution in [3.63, 3.8) is 0 Å². The van der Waals surface area contributed by atoms with Crippen molar-refractivity contribution in [1.29, 1.82) is 0 Å². The highest BCUT2D eigenvalue weighted by Gasteiger charge is 2.57. The molecule has 1 saturated heterocycles. The number of ether oxygens (including phenoxy) is 1. The maximum Gasteiger partial charge on any atom is 0.530 e. The van der Waals surface area contributed by atoms with E-state index in [4.69, 9.17) is 31.9 Å². The molecule has 1 unspecified atom stereocenters. The van der Waals surface area contributed by atoms with E-state index in [1.807, 2.05) is 0 Å². The van der Waals surface area contributed by atoms with Gasteiger partial charge in [-0.25, -0.2) is 18.1 Å². The fourth-order valence-corrected chi connectivity index (χ4v) is 4.22. The number of alkyl halides is 1. The number of phosphoric ester groups is 1. The molecule has 10 nitrogen and oxygen atoms in total. The van der Waals surface area contributed by atoms with Crippen molar-refractivity contribution in [2.24, 2.45) is 0 Å². The van der Waals surface area contributed by atoms with Gasteiger partial charge in [0.2, 0.25) is 0 Å². The third kappa shape index (κ3) is 3.85. The Labute approximate surface area is 173 Å². The molecule has 4 rings (SSSR count). The Morgan fingerprint density at radius 1 is 1.47 bits per heavy atom. The Morgan fingerprint density at radius 2 is 2.23 bits per heavy atom. The smallest absolute Gasteiger partial charge is 0.404 e. The number of hydrogen-bond donors (Lipinski definition) is 3. The fourth-order valence-electron chi connectivity index (χ4n) is 2.84. The molecule has 0 saturated carbocycles. The minimum absolute atomic E-state index is 0.0117. The van der Waals surface area contributed by atoms with Gasteiger partial charge in [0.05, 0.1) is 7.98 Å². The van der Waals surface area contributed by atoms with E-state index in [9.17, 15) is 24.0 Å². The van der Waals surface area contributed by atoms with E-state index in [1.54, 1.807) is 0 Å². The third-order valence-corrected chi connectivity index (χ3v) is 5.91. The molecule has 1 fully saturated rings. The van der Waals surface area contributed by atoms with Gasteiger partial charge in [-0.2, -0.15) is 0 Å². The highest BCUT2D eigenvalue weighted by Crippen LogP contribution is 2.55. The number of fused-ring (bicyclic) bond motifs is 1. The van der Waals surface area contributed by atoms with E-state index >= 15 is 4.39 Å². The lowest BCUT2D eigenvalue weighted by atomic mass is 10.1. The van der Waals surface area contributed by atoms with E-state index in [0.717, 1.165) is 18.3 Å². The lowest BCUT2D eigenvalue weighted by molar-refractivity contribution is -0.205. The molecule has 3 heterocycles. The zero-order valence-electron chi connectivity index (χ0n) is 15.9. The molecule has 1 aromatic heterocycles. The number of hydrogen-bond acceptors (Lipinski definition) is 9. The summed E-state index contributed by atoms with van der Waals surface area (Å²) in [6.45, 7) is -1.66. The first-order chi connectivity index (χ1) is 14.5. The van der Waals surface area contributed by atoms with Gasteiger partial charge in [0.25, 0.3) is 5.85 Å². The van der Waals surface area contributed by atoms with Gasteiger partial charge in [-0.3, -0.25) is 18.6 Å². The SMILES string of the molecule is [2H][C@@]1(n2ccc(=S)[nH]c2=O)O[C@](F)(COP2(=O)OCc3cc(F)ccc3O2)[C@@H](O)[C@H]1O. The van der Waals surface area contributed by atoms with Crippen molar-refractivity contribution in [2.45, 2.75) is 30.9 Å². The summed E-state index contributed by atoms with van der Waals surface area (Å²) in [7, 11) is -4.42. The van der Waals surface area contributed by atoms with E-state index in [2.05, 4.69) is 4.98 Å². The summed E-state index contributed by atoms with van der Waals surface area (Å²) in [5.74, 6) is -3.87. The summed E-state index contributed by atoms with van der Waals surface area (Å²) < 4.78 is 69.7. The molecule has 2 aliphatic heterocycles. The Morgan fingerprint density at radius 3 is 2.97 bits per heavy atom. The molecule has 3 N–H and O–H groups in total. The van der Waals surface area contributed by atoms with Gasteiger partial charge in [-0.1, -0.05) is 12.2 Å². The molecule has 1 aromatic carbocycles. The zero-order valence-corrected chi connectivity index (χ0v) is 16.6. The number of H-pyrrole nitrogens is 1. The molecule has 0 aliphatic carbocycles. The van der Waals surface area contributed by atoms with Crippen molar-refractivity contribution in [3.8, 4) is 5.75 Å². The topological polar surface area (TPSA) is 132 Å². The summed E-state index contributed by atoms with van der Waals surface area (Å²) in [5.41, 5.74) is -0.766. The third-order valence-electron chi connectivity index (χ3n) is 4.36. The number of phosphoric acid groups is 1. The predicted molar refractivity (Wildman–Crippen MR) is 97.2 cm³/mol. The molecule has 0 radical (unpaired) electrons. The van der Waals surface area contributed by atoms with Gasteiger partial charge in [0.1, 0.15) is 35.0 Å². The summed E-state index contributed by atoms with van der Waals surface area (Å²) in [6.07, 6.45) is -6.46. The number of nitrogens with zero attached hydrogens (tertiary/aromatic N) is 1. The first-order valence-corrected chi connectivity index (χ1v) is 10.3. The van der Waals surface area contributed by atoms with Gasteiger partial charge in [-0.15, -0.1) is 0 Å².